The average molecular weight is 268 g/mol. The summed E-state index contributed by atoms with van der Waals surface area (Å²) in [6.07, 6.45) is 0. The fourth-order valence-corrected chi connectivity index (χ4v) is 2.39. The van der Waals surface area contributed by atoms with Crippen LogP contribution >= 0.6 is 0 Å². The van der Waals surface area contributed by atoms with Crippen LogP contribution in [0.25, 0.3) is 21.7 Å². The van der Waals surface area contributed by atoms with Gasteiger partial charge in [-0.1, -0.05) is 24.3 Å². The van der Waals surface area contributed by atoms with Gasteiger partial charge in [0.2, 0.25) is 0 Å². The fourth-order valence-electron chi connectivity index (χ4n) is 2.39. The molecule has 0 saturated heterocycles. The SMILES string of the molecule is CNCCOc1cccc2[nH]c(=O)c3ccccc3c12. The van der Waals surface area contributed by atoms with Crippen molar-refractivity contribution in [3.05, 3.63) is 52.8 Å². The van der Waals surface area contributed by atoms with Gasteiger partial charge in [-0.05, 0) is 25.2 Å². The van der Waals surface area contributed by atoms with Crippen molar-refractivity contribution >= 4 is 21.7 Å². The van der Waals surface area contributed by atoms with E-state index in [0.717, 1.165) is 28.6 Å². The number of fused-ring (bicyclic) bond motifs is 3. The molecule has 0 unspecified atom stereocenters. The molecular weight excluding hydrogens is 252 g/mol. The maximum atomic E-state index is 12.1. The Hall–Kier alpha value is -2.33. The molecule has 1 aromatic heterocycles. The Morgan fingerprint density at radius 1 is 1.10 bits per heavy atom. The Labute approximate surface area is 116 Å². The zero-order valence-electron chi connectivity index (χ0n) is 11.3. The normalized spacial score (nSPS) is 11.1. The third-order valence-electron chi connectivity index (χ3n) is 3.33. The van der Waals surface area contributed by atoms with Crippen LogP contribution in [-0.2, 0) is 0 Å². The van der Waals surface area contributed by atoms with Gasteiger partial charge in [-0.2, -0.15) is 0 Å². The van der Waals surface area contributed by atoms with Gasteiger partial charge in [-0.25, -0.2) is 0 Å². The minimum absolute atomic E-state index is 0.0690. The van der Waals surface area contributed by atoms with Crippen LogP contribution in [0.5, 0.6) is 5.75 Å². The molecule has 20 heavy (non-hydrogen) atoms. The van der Waals surface area contributed by atoms with Crippen LogP contribution in [0.15, 0.2) is 47.3 Å². The van der Waals surface area contributed by atoms with E-state index in [4.69, 9.17) is 4.74 Å². The summed E-state index contributed by atoms with van der Waals surface area (Å²) in [5, 5.41) is 5.61. The zero-order valence-corrected chi connectivity index (χ0v) is 11.3. The lowest BCUT2D eigenvalue weighted by Crippen LogP contribution is -2.16. The van der Waals surface area contributed by atoms with Crippen LogP contribution in [0.3, 0.4) is 0 Å². The molecule has 0 amide bonds. The summed E-state index contributed by atoms with van der Waals surface area (Å²) in [4.78, 5) is 15.0. The third kappa shape index (κ3) is 2.14. The second kappa shape index (κ2) is 5.35. The molecule has 0 atom stereocenters. The van der Waals surface area contributed by atoms with Gasteiger partial charge in [0.1, 0.15) is 12.4 Å². The van der Waals surface area contributed by atoms with E-state index < -0.39 is 0 Å². The van der Waals surface area contributed by atoms with Crippen LogP contribution in [0, 0.1) is 0 Å². The molecule has 1 heterocycles. The minimum Gasteiger partial charge on any atom is -0.492 e. The van der Waals surface area contributed by atoms with Crippen LogP contribution in [-0.4, -0.2) is 25.2 Å². The van der Waals surface area contributed by atoms with Gasteiger partial charge in [0, 0.05) is 22.7 Å². The van der Waals surface area contributed by atoms with Crippen LogP contribution in [0.1, 0.15) is 0 Å². The van der Waals surface area contributed by atoms with Gasteiger partial charge in [0.25, 0.3) is 5.56 Å². The summed E-state index contributed by atoms with van der Waals surface area (Å²) in [6, 6.07) is 13.3. The van der Waals surface area contributed by atoms with E-state index >= 15 is 0 Å². The molecule has 2 N–H and O–H groups in total. The summed E-state index contributed by atoms with van der Waals surface area (Å²) in [6.45, 7) is 1.36. The molecule has 0 aliphatic carbocycles. The molecule has 3 aromatic rings. The number of likely N-dealkylation sites (N-methyl/N-ethyl adjacent to an activating group) is 1. The highest BCUT2D eigenvalue weighted by molar-refractivity contribution is 6.08. The molecule has 0 aliphatic heterocycles. The van der Waals surface area contributed by atoms with Crippen molar-refractivity contribution in [2.24, 2.45) is 0 Å². The van der Waals surface area contributed by atoms with E-state index in [2.05, 4.69) is 10.3 Å². The van der Waals surface area contributed by atoms with E-state index in [1.165, 1.54) is 0 Å². The Kier molecular flexibility index (Phi) is 3.39. The van der Waals surface area contributed by atoms with Crippen molar-refractivity contribution in [2.75, 3.05) is 20.2 Å². The predicted octanol–water partition coefficient (Wildman–Crippen LogP) is 2.28. The van der Waals surface area contributed by atoms with E-state index in [9.17, 15) is 4.79 Å². The summed E-state index contributed by atoms with van der Waals surface area (Å²) >= 11 is 0. The molecule has 3 rings (SSSR count). The lowest BCUT2D eigenvalue weighted by molar-refractivity contribution is 0.322. The molecule has 4 nitrogen and oxygen atoms in total. The Morgan fingerprint density at radius 3 is 2.70 bits per heavy atom. The Balaban J connectivity index is 2.26. The van der Waals surface area contributed by atoms with Crippen LogP contribution < -0.4 is 15.6 Å². The van der Waals surface area contributed by atoms with Gasteiger partial charge in [0.05, 0.1) is 5.52 Å². The van der Waals surface area contributed by atoms with Crippen molar-refractivity contribution in [1.82, 2.24) is 10.3 Å². The predicted molar refractivity (Wildman–Crippen MR) is 81.5 cm³/mol. The average Bonchev–Trinajstić information content (AvgIpc) is 2.48. The van der Waals surface area contributed by atoms with E-state index in [1.54, 1.807) is 0 Å². The van der Waals surface area contributed by atoms with Crippen molar-refractivity contribution in [1.29, 1.82) is 0 Å². The van der Waals surface area contributed by atoms with Crippen LogP contribution in [0.4, 0.5) is 0 Å². The number of rotatable bonds is 4. The number of nitrogens with one attached hydrogen (secondary N) is 2. The molecule has 0 fully saturated rings. The number of H-pyrrole nitrogens is 1. The molecule has 2 aromatic carbocycles. The maximum Gasteiger partial charge on any atom is 0.256 e. The summed E-state index contributed by atoms with van der Waals surface area (Å²) < 4.78 is 5.82. The number of benzene rings is 2. The van der Waals surface area contributed by atoms with E-state index in [0.29, 0.717) is 12.0 Å². The molecule has 0 saturated carbocycles. The van der Waals surface area contributed by atoms with E-state index in [1.807, 2.05) is 49.5 Å². The molecule has 4 heteroatoms. The summed E-state index contributed by atoms with van der Waals surface area (Å²) in [5.41, 5.74) is 0.733. The summed E-state index contributed by atoms with van der Waals surface area (Å²) in [7, 11) is 1.89. The first-order valence-corrected chi connectivity index (χ1v) is 6.62. The molecule has 0 radical (unpaired) electrons. The zero-order chi connectivity index (χ0) is 13.9. The van der Waals surface area contributed by atoms with Crippen molar-refractivity contribution in [3.63, 3.8) is 0 Å². The largest absolute Gasteiger partial charge is 0.492 e. The number of aromatic nitrogens is 1. The van der Waals surface area contributed by atoms with Gasteiger partial charge >= 0.3 is 0 Å². The lowest BCUT2D eigenvalue weighted by atomic mass is 10.1. The molecule has 0 spiro atoms. The Morgan fingerprint density at radius 2 is 1.90 bits per heavy atom. The lowest BCUT2D eigenvalue weighted by Gasteiger charge is -2.11. The number of hydrogen-bond donors (Lipinski definition) is 2. The molecule has 102 valence electrons. The maximum absolute atomic E-state index is 12.1. The highest BCUT2D eigenvalue weighted by atomic mass is 16.5. The highest BCUT2D eigenvalue weighted by Crippen LogP contribution is 2.29. The topological polar surface area (TPSA) is 54.1 Å². The first kappa shape index (κ1) is 12.7. The first-order chi connectivity index (χ1) is 9.81. The standard InChI is InChI=1S/C16H16N2O2/c1-17-9-10-20-14-8-4-7-13-15(14)11-5-2-3-6-12(11)16(19)18-13/h2-8,17H,9-10H2,1H3,(H,18,19). The number of ether oxygens (including phenoxy) is 1. The second-order valence-corrected chi connectivity index (χ2v) is 4.63. The van der Waals surface area contributed by atoms with Crippen LogP contribution in [0.2, 0.25) is 0 Å². The van der Waals surface area contributed by atoms with Gasteiger partial charge in [-0.15, -0.1) is 0 Å². The quantitative estimate of drug-likeness (QED) is 0.564. The van der Waals surface area contributed by atoms with Gasteiger partial charge < -0.3 is 15.0 Å². The van der Waals surface area contributed by atoms with Gasteiger partial charge in [0.15, 0.2) is 0 Å². The highest BCUT2D eigenvalue weighted by Gasteiger charge is 2.09. The Bertz CT molecular complexity index is 808. The number of aromatic amines is 1. The van der Waals surface area contributed by atoms with Crippen molar-refractivity contribution in [2.45, 2.75) is 0 Å². The third-order valence-corrected chi connectivity index (χ3v) is 3.33. The summed E-state index contributed by atoms with van der Waals surface area (Å²) in [5.74, 6) is 0.796. The van der Waals surface area contributed by atoms with Crippen molar-refractivity contribution in [3.8, 4) is 5.75 Å². The van der Waals surface area contributed by atoms with Gasteiger partial charge in [-0.3, -0.25) is 4.79 Å². The monoisotopic (exact) mass is 268 g/mol. The number of pyridine rings is 1. The molecule has 0 aliphatic rings. The minimum atomic E-state index is -0.0690. The smallest absolute Gasteiger partial charge is 0.256 e. The first-order valence-electron chi connectivity index (χ1n) is 6.62. The molecule has 0 bridgehead atoms. The second-order valence-electron chi connectivity index (χ2n) is 4.63. The van der Waals surface area contributed by atoms with E-state index in [-0.39, 0.29) is 5.56 Å². The fraction of sp³-hybridized carbons (Fsp3) is 0.188. The number of hydrogen-bond acceptors (Lipinski definition) is 3. The van der Waals surface area contributed by atoms with Crippen molar-refractivity contribution < 1.29 is 4.74 Å². The molecular formula is C16H16N2O2.